The molecule has 0 unspecified atom stereocenters. The van der Waals surface area contributed by atoms with Gasteiger partial charge < -0.3 is 4.90 Å². The number of fused-ring (bicyclic) bond motifs is 3. The molecule has 0 fully saturated rings. The van der Waals surface area contributed by atoms with Gasteiger partial charge in [0.15, 0.2) is 11.0 Å². The Labute approximate surface area is 86.7 Å². The first-order valence-electron chi connectivity index (χ1n) is 4.52. The number of hydrogen-bond acceptors (Lipinski definition) is 3. The van der Waals surface area contributed by atoms with E-state index in [-0.39, 0.29) is 0 Å². The average Bonchev–Trinajstić information content (AvgIpc) is 2.67. The summed E-state index contributed by atoms with van der Waals surface area (Å²) in [5.41, 5.74) is 2.03. The molecule has 14 heavy (non-hydrogen) atoms. The summed E-state index contributed by atoms with van der Waals surface area (Å²) in [5.74, 6) is 0.811. The number of halogens is 1. The Hall–Kier alpha value is -1.35. The summed E-state index contributed by atoms with van der Waals surface area (Å²) in [5, 5.41) is 0.501. The zero-order chi connectivity index (χ0) is 9.54. The molecule has 1 aromatic rings. The van der Waals surface area contributed by atoms with Gasteiger partial charge in [0, 0.05) is 6.54 Å². The van der Waals surface area contributed by atoms with Gasteiger partial charge >= 0.3 is 0 Å². The van der Waals surface area contributed by atoms with Crippen molar-refractivity contribution in [2.45, 2.75) is 0 Å². The second-order valence-corrected chi connectivity index (χ2v) is 3.61. The molecule has 0 spiro atoms. The highest BCUT2D eigenvalue weighted by Gasteiger charge is 2.27. The van der Waals surface area contributed by atoms with E-state index in [1.54, 1.807) is 0 Å². The monoisotopic (exact) mass is 205 g/mol. The molecule has 2 heterocycles. The third kappa shape index (κ3) is 0.990. The summed E-state index contributed by atoms with van der Waals surface area (Å²) in [6, 6.07) is 7.98. The van der Waals surface area contributed by atoms with Crippen LogP contribution in [0.4, 0.5) is 11.4 Å². The lowest BCUT2D eigenvalue weighted by atomic mass is 10.2. The maximum Gasteiger partial charge on any atom is 0.172 e. The largest absolute Gasteiger partial charge is 0.320 e. The van der Waals surface area contributed by atoms with Crippen molar-refractivity contribution in [2.24, 2.45) is 9.98 Å². The van der Waals surface area contributed by atoms with E-state index >= 15 is 0 Å². The van der Waals surface area contributed by atoms with E-state index in [9.17, 15) is 0 Å². The minimum atomic E-state index is 0.501. The zero-order valence-electron chi connectivity index (χ0n) is 7.44. The molecule has 3 rings (SSSR count). The van der Waals surface area contributed by atoms with Gasteiger partial charge in [0.1, 0.15) is 0 Å². The predicted molar refractivity (Wildman–Crippen MR) is 59.0 cm³/mol. The van der Waals surface area contributed by atoms with Gasteiger partial charge in [0.2, 0.25) is 0 Å². The minimum Gasteiger partial charge on any atom is -0.320 e. The predicted octanol–water partition coefficient (Wildman–Crippen LogP) is 2.19. The second-order valence-electron chi connectivity index (χ2n) is 3.25. The van der Waals surface area contributed by atoms with Gasteiger partial charge in [-0.15, -0.1) is 0 Å². The Morgan fingerprint density at radius 2 is 2.14 bits per heavy atom. The quantitative estimate of drug-likeness (QED) is 0.638. The van der Waals surface area contributed by atoms with E-state index in [4.69, 9.17) is 11.6 Å². The zero-order valence-corrected chi connectivity index (χ0v) is 8.20. The molecule has 0 atom stereocenters. The first kappa shape index (κ1) is 8.00. The number of anilines is 1. The highest BCUT2D eigenvalue weighted by molar-refractivity contribution is 6.85. The van der Waals surface area contributed by atoms with Gasteiger partial charge in [-0.05, 0) is 12.1 Å². The van der Waals surface area contributed by atoms with Crippen molar-refractivity contribution in [3.8, 4) is 0 Å². The summed E-state index contributed by atoms with van der Waals surface area (Å²) in [7, 11) is 0. The average molecular weight is 206 g/mol. The number of benzene rings is 1. The number of rotatable bonds is 0. The van der Waals surface area contributed by atoms with Crippen molar-refractivity contribution in [1.82, 2.24) is 0 Å². The lowest BCUT2D eigenvalue weighted by Gasteiger charge is -2.24. The van der Waals surface area contributed by atoms with Crippen LogP contribution >= 0.6 is 11.6 Å². The minimum absolute atomic E-state index is 0.501. The van der Waals surface area contributed by atoms with Crippen LogP contribution in [0.3, 0.4) is 0 Å². The summed E-state index contributed by atoms with van der Waals surface area (Å²) in [6.45, 7) is 1.70. The molecule has 4 heteroatoms. The summed E-state index contributed by atoms with van der Waals surface area (Å²) >= 11 is 6.02. The van der Waals surface area contributed by atoms with Crippen molar-refractivity contribution < 1.29 is 0 Å². The normalized spacial score (nSPS) is 18.5. The maximum atomic E-state index is 6.02. The van der Waals surface area contributed by atoms with Crippen LogP contribution in [-0.2, 0) is 0 Å². The van der Waals surface area contributed by atoms with Crippen LogP contribution in [0.25, 0.3) is 0 Å². The Morgan fingerprint density at radius 3 is 3.07 bits per heavy atom. The van der Waals surface area contributed by atoms with Gasteiger partial charge in [0.25, 0.3) is 0 Å². The van der Waals surface area contributed by atoms with E-state index < -0.39 is 0 Å². The van der Waals surface area contributed by atoms with E-state index in [1.165, 1.54) is 0 Å². The van der Waals surface area contributed by atoms with Crippen molar-refractivity contribution >= 4 is 34.0 Å². The van der Waals surface area contributed by atoms with Crippen molar-refractivity contribution in [2.75, 3.05) is 18.0 Å². The molecule has 0 aromatic heterocycles. The van der Waals surface area contributed by atoms with Crippen LogP contribution in [0.2, 0.25) is 0 Å². The van der Waals surface area contributed by atoms with Crippen LogP contribution in [0.1, 0.15) is 0 Å². The van der Waals surface area contributed by atoms with Gasteiger partial charge in [0.05, 0.1) is 17.9 Å². The number of hydrogen-bond donors (Lipinski definition) is 0. The molecule has 0 aliphatic carbocycles. The van der Waals surface area contributed by atoms with Crippen molar-refractivity contribution in [3.63, 3.8) is 0 Å². The van der Waals surface area contributed by atoms with Crippen molar-refractivity contribution in [3.05, 3.63) is 24.3 Å². The molecule has 0 saturated carbocycles. The number of nitrogens with zero attached hydrogens (tertiary/aromatic N) is 3. The van der Waals surface area contributed by atoms with E-state index in [1.807, 2.05) is 24.3 Å². The maximum absolute atomic E-state index is 6.02. The van der Waals surface area contributed by atoms with E-state index in [2.05, 4.69) is 14.9 Å². The fraction of sp³-hybridized carbons (Fsp3) is 0.200. The molecule has 0 bridgehead atoms. The molecule has 70 valence electrons. The third-order valence-electron chi connectivity index (χ3n) is 2.42. The van der Waals surface area contributed by atoms with Gasteiger partial charge in [-0.1, -0.05) is 23.7 Å². The molecule has 1 aromatic carbocycles. The highest BCUT2D eigenvalue weighted by atomic mass is 35.5. The Kier molecular flexibility index (Phi) is 1.61. The van der Waals surface area contributed by atoms with Crippen LogP contribution in [-0.4, -0.2) is 24.1 Å². The highest BCUT2D eigenvalue weighted by Crippen LogP contribution is 2.34. The first-order valence-corrected chi connectivity index (χ1v) is 4.89. The van der Waals surface area contributed by atoms with Crippen LogP contribution in [0.5, 0.6) is 0 Å². The van der Waals surface area contributed by atoms with Crippen LogP contribution in [0, 0.1) is 0 Å². The Bertz CT molecular complexity index is 450. The van der Waals surface area contributed by atoms with Gasteiger partial charge in [-0.25, -0.2) is 4.99 Å². The fourth-order valence-corrected chi connectivity index (χ4v) is 2.05. The molecular weight excluding hydrogens is 198 g/mol. The van der Waals surface area contributed by atoms with E-state index in [0.29, 0.717) is 5.17 Å². The topological polar surface area (TPSA) is 28.0 Å². The van der Waals surface area contributed by atoms with Gasteiger partial charge in [-0.3, -0.25) is 4.99 Å². The molecule has 0 radical (unpaired) electrons. The smallest absolute Gasteiger partial charge is 0.172 e. The summed E-state index contributed by atoms with van der Waals surface area (Å²) in [6.07, 6.45) is 0. The molecule has 0 N–H and O–H groups in total. The Morgan fingerprint density at radius 1 is 1.29 bits per heavy atom. The summed E-state index contributed by atoms with van der Waals surface area (Å²) < 4.78 is 0. The van der Waals surface area contributed by atoms with Crippen molar-refractivity contribution in [1.29, 1.82) is 0 Å². The van der Waals surface area contributed by atoms with E-state index in [0.717, 1.165) is 30.3 Å². The standard InChI is InChI=1S/C10H8ClN3/c11-9-10-12-5-6-14(10)8-4-2-1-3-7(8)13-9/h1-4H,5-6H2. The van der Waals surface area contributed by atoms with Gasteiger partial charge in [-0.2, -0.15) is 0 Å². The molecule has 3 nitrogen and oxygen atoms in total. The summed E-state index contributed by atoms with van der Waals surface area (Å²) in [4.78, 5) is 10.7. The molecule has 2 aliphatic rings. The molecular formula is C10H8ClN3. The third-order valence-corrected chi connectivity index (χ3v) is 2.67. The lowest BCUT2D eigenvalue weighted by molar-refractivity contribution is 1.02. The number of para-hydroxylation sites is 2. The molecule has 0 saturated heterocycles. The fourth-order valence-electron chi connectivity index (χ4n) is 1.80. The first-order chi connectivity index (χ1) is 6.86. The second kappa shape index (κ2) is 2.82. The van der Waals surface area contributed by atoms with Crippen LogP contribution < -0.4 is 4.90 Å². The lowest BCUT2D eigenvalue weighted by Crippen LogP contribution is -2.33. The number of aliphatic imine (C=N–C) groups is 2. The SMILES string of the molecule is ClC1=Nc2ccccc2N2CCN=C12. The molecule has 2 aliphatic heterocycles. The Balaban J connectivity index is 2.23. The van der Waals surface area contributed by atoms with Crippen LogP contribution in [0.15, 0.2) is 34.3 Å². The molecule has 0 amide bonds. The number of amidine groups is 1.